The Balaban J connectivity index is 2.42. The van der Waals surface area contributed by atoms with Gasteiger partial charge in [-0.1, -0.05) is 25.6 Å². The van der Waals surface area contributed by atoms with Crippen LogP contribution >= 0.6 is 11.8 Å². The van der Waals surface area contributed by atoms with Crippen molar-refractivity contribution in [3.05, 3.63) is 6.33 Å². The van der Waals surface area contributed by atoms with Gasteiger partial charge in [-0.25, -0.2) is 15.0 Å². The molecule has 2 heterocycles. The number of thioether (sulfide) groups is 1. The monoisotopic (exact) mass is 295 g/mol. The average Bonchev–Trinajstić information content (AvgIpc) is 2.82. The lowest BCUT2D eigenvalue weighted by Crippen LogP contribution is -2.21. The van der Waals surface area contributed by atoms with Crippen LogP contribution in [0.15, 0.2) is 11.5 Å². The fourth-order valence-electron chi connectivity index (χ4n) is 2.29. The molecule has 6 nitrogen and oxygen atoms in total. The van der Waals surface area contributed by atoms with E-state index in [1.807, 2.05) is 24.7 Å². The maximum Gasteiger partial charge on any atom is 0.191 e. The molecule has 0 saturated carbocycles. The summed E-state index contributed by atoms with van der Waals surface area (Å²) >= 11 is 1.46. The molecule has 0 aromatic carbocycles. The van der Waals surface area contributed by atoms with Gasteiger partial charge < -0.3 is 15.4 Å². The van der Waals surface area contributed by atoms with Crippen molar-refractivity contribution in [2.45, 2.75) is 38.4 Å². The summed E-state index contributed by atoms with van der Waals surface area (Å²) in [7, 11) is 0. The zero-order chi connectivity index (χ0) is 14.9. The number of hydrogen-bond acceptors (Lipinski definition) is 6. The van der Waals surface area contributed by atoms with E-state index in [0.717, 1.165) is 12.1 Å². The van der Waals surface area contributed by atoms with Crippen LogP contribution in [0.2, 0.25) is 0 Å². The van der Waals surface area contributed by atoms with Crippen LogP contribution in [-0.4, -0.2) is 37.5 Å². The highest BCUT2D eigenvalue weighted by Crippen LogP contribution is 2.30. The summed E-state index contributed by atoms with van der Waals surface area (Å²) in [5, 5.41) is 10.1. The smallest absolute Gasteiger partial charge is 0.191 e. The van der Waals surface area contributed by atoms with Gasteiger partial charge in [-0.3, -0.25) is 0 Å². The second kappa shape index (κ2) is 5.57. The first kappa shape index (κ1) is 15.1. The topological polar surface area (TPSA) is 89.8 Å². The van der Waals surface area contributed by atoms with Crippen LogP contribution < -0.4 is 5.73 Å². The molecule has 0 aliphatic rings. The third kappa shape index (κ3) is 2.88. The largest absolute Gasteiger partial charge is 0.396 e. The molecule has 0 fully saturated rings. The SMILES string of the molecule is CSc1nc(N)c2ncn([C@@H](C)CC(C)(C)CO)c2n1. The van der Waals surface area contributed by atoms with Crippen molar-refractivity contribution in [2.24, 2.45) is 5.41 Å². The summed E-state index contributed by atoms with van der Waals surface area (Å²) in [5.74, 6) is 0.409. The average molecular weight is 295 g/mol. The van der Waals surface area contributed by atoms with Gasteiger partial charge in [-0.2, -0.15) is 0 Å². The maximum atomic E-state index is 9.41. The zero-order valence-electron chi connectivity index (χ0n) is 12.3. The van der Waals surface area contributed by atoms with Gasteiger partial charge in [0.05, 0.1) is 6.33 Å². The van der Waals surface area contributed by atoms with E-state index < -0.39 is 0 Å². The third-order valence-corrected chi connectivity index (χ3v) is 3.91. The molecule has 0 radical (unpaired) electrons. The van der Waals surface area contributed by atoms with Gasteiger partial charge >= 0.3 is 0 Å². The van der Waals surface area contributed by atoms with Crippen LogP contribution in [0.5, 0.6) is 0 Å². The van der Waals surface area contributed by atoms with Gasteiger partial charge in [0, 0.05) is 12.6 Å². The molecule has 2 aromatic heterocycles. The summed E-state index contributed by atoms with van der Waals surface area (Å²) in [4.78, 5) is 13.0. The molecular formula is C13H21N5OS. The Kier molecular flexibility index (Phi) is 4.19. The van der Waals surface area contributed by atoms with E-state index in [-0.39, 0.29) is 18.1 Å². The quantitative estimate of drug-likeness (QED) is 0.648. The second-order valence-electron chi connectivity index (χ2n) is 5.80. The standard InChI is InChI=1S/C13H21N5OS/c1-8(5-13(2,3)6-19)18-7-15-9-10(14)16-12(20-4)17-11(9)18/h7-8,19H,5-6H2,1-4H3,(H2,14,16,17)/t8-/m0/s1. The first-order valence-electron chi connectivity index (χ1n) is 6.53. The van der Waals surface area contributed by atoms with Crippen molar-refractivity contribution in [3.8, 4) is 0 Å². The number of nitrogens with zero attached hydrogens (tertiary/aromatic N) is 4. The van der Waals surface area contributed by atoms with Crippen LogP contribution in [0.3, 0.4) is 0 Å². The number of aliphatic hydroxyl groups excluding tert-OH is 1. The molecule has 0 aliphatic heterocycles. The minimum absolute atomic E-state index is 0.142. The molecule has 0 amide bonds. The number of hydrogen-bond donors (Lipinski definition) is 2. The lowest BCUT2D eigenvalue weighted by atomic mass is 9.87. The molecule has 2 aromatic rings. The zero-order valence-corrected chi connectivity index (χ0v) is 13.1. The molecule has 0 aliphatic carbocycles. The lowest BCUT2D eigenvalue weighted by molar-refractivity contribution is 0.135. The van der Waals surface area contributed by atoms with Gasteiger partial charge in [0.2, 0.25) is 0 Å². The minimum Gasteiger partial charge on any atom is -0.396 e. The van der Waals surface area contributed by atoms with Gasteiger partial charge in [0.1, 0.15) is 5.52 Å². The number of imidazole rings is 1. The molecule has 2 rings (SSSR count). The number of rotatable bonds is 5. The van der Waals surface area contributed by atoms with Crippen molar-refractivity contribution in [1.82, 2.24) is 19.5 Å². The second-order valence-corrected chi connectivity index (χ2v) is 6.57. The first-order chi connectivity index (χ1) is 9.38. The van der Waals surface area contributed by atoms with Gasteiger partial charge in [-0.05, 0) is 25.0 Å². The van der Waals surface area contributed by atoms with Crippen LogP contribution in [0, 0.1) is 5.41 Å². The van der Waals surface area contributed by atoms with E-state index in [1.165, 1.54) is 11.8 Å². The number of aromatic nitrogens is 4. The van der Waals surface area contributed by atoms with Crippen LogP contribution in [0.25, 0.3) is 11.2 Å². The van der Waals surface area contributed by atoms with E-state index >= 15 is 0 Å². The summed E-state index contributed by atoms with van der Waals surface area (Å²) in [6.45, 7) is 6.32. The van der Waals surface area contributed by atoms with E-state index in [0.29, 0.717) is 16.5 Å². The van der Waals surface area contributed by atoms with Crippen LogP contribution in [0.4, 0.5) is 5.82 Å². The van der Waals surface area contributed by atoms with E-state index in [1.54, 1.807) is 6.33 Å². The third-order valence-electron chi connectivity index (χ3n) is 3.36. The fraction of sp³-hybridized carbons (Fsp3) is 0.615. The van der Waals surface area contributed by atoms with E-state index in [9.17, 15) is 5.11 Å². The Labute approximate surface area is 122 Å². The Bertz CT molecular complexity index is 610. The molecule has 1 atom stereocenters. The number of aliphatic hydroxyl groups is 1. The molecule has 3 N–H and O–H groups in total. The van der Waals surface area contributed by atoms with Gasteiger partial charge in [0.15, 0.2) is 16.6 Å². The maximum absolute atomic E-state index is 9.41. The molecule has 110 valence electrons. The Morgan fingerprint density at radius 3 is 2.75 bits per heavy atom. The predicted octanol–water partition coefficient (Wildman–Crippen LogP) is 2.10. The summed E-state index contributed by atoms with van der Waals surface area (Å²) in [6, 6.07) is 0.172. The van der Waals surface area contributed by atoms with Crippen molar-refractivity contribution in [2.75, 3.05) is 18.6 Å². The Hall–Kier alpha value is -1.34. The van der Waals surface area contributed by atoms with Crippen LogP contribution in [0.1, 0.15) is 33.2 Å². The highest BCUT2D eigenvalue weighted by atomic mass is 32.2. The van der Waals surface area contributed by atoms with Crippen LogP contribution in [-0.2, 0) is 0 Å². The highest BCUT2D eigenvalue weighted by molar-refractivity contribution is 7.98. The Morgan fingerprint density at radius 2 is 2.15 bits per heavy atom. The molecular weight excluding hydrogens is 274 g/mol. The first-order valence-corrected chi connectivity index (χ1v) is 7.75. The lowest BCUT2D eigenvalue weighted by Gasteiger charge is -2.26. The highest BCUT2D eigenvalue weighted by Gasteiger charge is 2.23. The molecule has 0 unspecified atom stereocenters. The van der Waals surface area contributed by atoms with Crippen molar-refractivity contribution in [3.63, 3.8) is 0 Å². The minimum atomic E-state index is -0.142. The molecule has 7 heteroatoms. The van der Waals surface area contributed by atoms with Crippen molar-refractivity contribution in [1.29, 1.82) is 0 Å². The number of nitrogen functional groups attached to an aromatic ring is 1. The number of fused-ring (bicyclic) bond motifs is 1. The van der Waals surface area contributed by atoms with Crippen molar-refractivity contribution < 1.29 is 5.11 Å². The Morgan fingerprint density at radius 1 is 1.45 bits per heavy atom. The van der Waals surface area contributed by atoms with Gasteiger partial charge in [-0.15, -0.1) is 0 Å². The molecule has 0 bridgehead atoms. The summed E-state index contributed by atoms with van der Waals surface area (Å²) < 4.78 is 2.00. The van der Waals surface area contributed by atoms with E-state index in [2.05, 4.69) is 21.9 Å². The summed E-state index contributed by atoms with van der Waals surface area (Å²) in [6.07, 6.45) is 4.49. The summed E-state index contributed by atoms with van der Waals surface area (Å²) in [5.41, 5.74) is 7.17. The van der Waals surface area contributed by atoms with E-state index in [4.69, 9.17) is 5.73 Å². The van der Waals surface area contributed by atoms with Gasteiger partial charge in [0.25, 0.3) is 0 Å². The normalized spacial score (nSPS) is 13.8. The number of anilines is 1. The predicted molar refractivity (Wildman–Crippen MR) is 81.7 cm³/mol. The molecule has 0 saturated heterocycles. The molecule has 0 spiro atoms. The number of nitrogens with two attached hydrogens (primary N) is 1. The van der Waals surface area contributed by atoms with Crippen molar-refractivity contribution >= 4 is 28.7 Å². The molecule has 20 heavy (non-hydrogen) atoms. The fourth-order valence-corrected chi connectivity index (χ4v) is 2.66.